The zero-order valence-electron chi connectivity index (χ0n) is 14.8. The molecule has 1 aliphatic carbocycles. The molecule has 1 saturated carbocycles. The van der Waals surface area contributed by atoms with Gasteiger partial charge in [0.15, 0.2) is 0 Å². The Kier molecular flexibility index (Phi) is 5.29. The van der Waals surface area contributed by atoms with Crippen molar-refractivity contribution >= 4 is 15.9 Å². The molecule has 26 heavy (non-hydrogen) atoms. The van der Waals surface area contributed by atoms with E-state index in [0.717, 1.165) is 24.2 Å². The molecule has 0 atom stereocenters. The van der Waals surface area contributed by atoms with E-state index in [1.54, 1.807) is 19.2 Å². The molecule has 2 aromatic rings. The first-order valence-corrected chi connectivity index (χ1v) is 9.90. The molecule has 0 heterocycles. The van der Waals surface area contributed by atoms with E-state index in [1.165, 1.54) is 19.2 Å². The van der Waals surface area contributed by atoms with Crippen LogP contribution in [-0.4, -0.2) is 39.4 Å². The molecule has 0 saturated heterocycles. The second kappa shape index (κ2) is 7.47. The van der Waals surface area contributed by atoms with Crippen molar-refractivity contribution in [3.63, 3.8) is 0 Å². The van der Waals surface area contributed by atoms with E-state index in [-0.39, 0.29) is 16.8 Å². The van der Waals surface area contributed by atoms with Gasteiger partial charge in [-0.25, -0.2) is 13.1 Å². The zero-order chi connectivity index (χ0) is 18.7. The van der Waals surface area contributed by atoms with Gasteiger partial charge in [-0.2, -0.15) is 0 Å². The van der Waals surface area contributed by atoms with E-state index in [9.17, 15) is 13.2 Å². The summed E-state index contributed by atoms with van der Waals surface area (Å²) in [6.07, 6.45) is 1.99. The fraction of sp³-hybridized carbons (Fsp3) is 0.316. The number of hydrogen-bond acceptors (Lipinski definition) is 4. The van der Waals surface area contributed by atoms with Crippen LogP contribution < -0.4 is 9.46 Å². The van der Waals surface area contributed by atoms with Crippen molar-refractivity contribution in [3.8, 4) is 5.75 Å². The monoisotopic (exact) mass is 374 g/mol. The van der Waals surface area contributed by atoms with E-state index in [1.807, 2.05) is 29.2 Å². The largest absolute Gasteiger partial charge is 0.497 e. The molecule has 1 aliphatic rings. The molecule has 3 rings (SSSR count). The van der Waals surface area contributed by atoms with Gasteiger partial charge in [0, 0.05) is 18.2 Å². The number of hydrogen-bond donors (Lipinski definition) is 1. The molecule has 6 nitrogen and oxygen atoms in total. The van der Waals surface area contributed by atoms with Crippen LogP contribution in [0.25, 0.3) is 0 Å². The van der Waals surface area contributed by atoms with Crippen molar-refractivity contribution in [2.45, 2.75) is 30.3 Å². The second-order valence-corrected chi connectivity index (χ2v) is 8.13. The van der Waals surface area contributed by atoms with Crippen LogP contribution in [0.15, 0.2) is 53.4 Å². The highest BCUT2D eigenvalue weighted by Gasteiger charge is 2.33. The summed E-state index contributed by atoms with van der Waals surface area (Å²) in [4.78, 5) is 14.9. The SMILES string of the molecule is CNS(=O)(=O)c1ccc(C(=O)N(Cc2ccc(OC)cc2)C2CC2)cc1. The topological polar surface area (TPSA) is 75.7 Å². The number of nitrogens with zero attached hydrogens (tertiary/aromatic N) is 1. The Labute approximate surface area is 153 Å². The van der Waals surface area contributed by atoms with E-state index >= 15 is 0 Å². The number of benzene rings is 2. The van der Waals surface area contributed by atoms with Gasteiger partial charge >= 0.3 is 0 Å². The molecule has 0 spiro atoms. The molecule has 0 radical (unpaired) electrons. The molecule has 1 N–H and O–H groups in total. The highest BCUT2D eigenvalue weighted by atomic mass is 32.2. The highest BCUT2D eigenvalue weighted by molar-refractivity contribution is 7.89. The minimum absolute atomic E-state index is 0.0864. The molecule has 0 unspecified atom stereocenters. The average Bonchev–Trinajstić information content (AvgIpc) is 3.51. The Balaban J connectivity index is 1.78. The maximum Gasteiger partial charge on any atom is 0.254 e. The summed E-state index contributed by atoms with van der Waals surface area (Å²) in [7, 11) is -0.530. The third-order valence-electron chi connectivity index (χ3n) is 4.44. The van der Waals surface area contributed by atoms with E-state index in [0.29, 0.717) is 12.1 Å². The second-order valence-electron chi connectivity index (χ2n) is 6.24. The number of carbonyl (C=O) groups is 1. The number of sulfonamides is 1. The van der Waals surface area contributed by atoms with Crippen LogP contribution in [0.1, 0.15) is 28.8 Å². The molecule has 1 fully saturated rings. The highest BCUT2D eigenvalue weighted by Crippen LogP contribution is 2.30. The number of ether oxygens (including phenoxy) is 1. The van der Waals surface area contributed by atoms with Gasteiger partial charge in [-0.15, -0.1) is 0 Å². The van der Waals surface area contributed by atoms with Crippen LogP contribution in [0.3, 0.4) is 0 Å². The van der Waals surface area contributed by atoms with Gasteiger partial charge in [-0.05, 0) is 61.9 Å². The minimum Gasteiger partial charge on any atom is -0.497 e. The predicted octanol–water partition coefficient (Wildman–Crippen LogP) is 2.41. The normalized spacial score (nSPS) is 14.1. The standard InChI is InChI=1S/C19H22N2O4S/c1-20-26(23,24)18-11-5-15(6-12-18)19(22)21(16-7-8-16)13-14-3-9-17(25-2)10-4-14/h3-6,9-12,16,20H,7-8,13H2,1-2H3. The van der Waals surface area contributed by atoms with Crippen LogP contribution in [0.5, 0.6) is 5.75 Å². The molecule has 2 aromatic carbocycles. The Morgan fingerprint density at radius 3 is 2.23 bits per heavy atom. The third kappa shape index (κ3) is 4.05. The molecule has 0 bridgehead atoms. The van der Waals surface area contributed by atoms with Crippen molar-refractivity contribution in [3.05, 3.63) is 59.7 Å². The van der Waals surface area contributed by atoms with Crippen LogP contribution in [0.2, 0.25) is 0 Å². The molecule has 7 heteroatoms. The van der Waals surface area contributed by atoms with Crippen molar-refractivity contribution in [1.82, 2.24) is 9.62 Å². The summed E-state index contributed by atoms with van der Waals surface area (Å²) < 4.78 is 31.1. The smallest absolute Gasteiger partial charge is 0.254 e. The third-order valence-corrected chi connectivity index (χ3v) is 5.87. The lowest BCUT2D eigenvalue weighted by molar-refractivity contribution is 0.0730. The Morgan fingerprint density at radius 1 is 1.12 bits per heavy atom. The van der Waals surface area contributed by atoms with Gasteiger partial charge in [0.2, 0.25) is 10.0 Å². The molecule has 0 aliphatic heterocycles. The van der Waals surface area contributed by atoms with Gasteiger partial charge in [-0.3, -0.25) is 4.79 Å². The summed E-state index contributed by atoms with van der Waals surface area (Å²) in [5.41, 5.74) is 1.51. The molecule has 138 valence electrons. The lowest BCUT2D eigenvalue weighted by Crippen LogP contribution is -2.32. The minimum atomic E-state index is -3.51. The van der Waals surface area contributed by atoms with Crippen LogP contribution in [-0.2, 0) is 16.6 Å². The Bertz CT molecular complexity index is 873. The van der Waals surface area contributed by atoms with Gasteiger partial charge in [-0.1, -0.05) is 12.1 Å². The first-order valence-electron chi connectivity index (χ1n) is 8.42. The van der Waals surface area contributed by atoms with Gasteiger partial charge in [0.25, 0.3) is 5.91 Å². The summed E-state index contributed by atoms with van der Waals surface area (Å²) in [6, 6.07) is 13.9. The molecule has 0 aromatic heterocycles. The van der Waals surface area contributed by atoms with Crippen molar-refractivity contribution < 1.29 is 17.9 Å². The zero-order valence-corrected chi connectivity index (χ0v) is 15.6. The van der Waals surface area contributed by atoms with Crippen molar-refractivity contribution in [2.24, 2.45) is 0 Å². The van der Waals surface area contributed by atoms with Gasteiger partial charge in [0.1, 0.15) is 5.75 Å². The Morgan fingerprint density at radius 2 is 1.73 bits per heavy atom. The van der Waals surface area contributed by atoms with E-state index in [4.69, 9.17) is 4.74 Å². The summed E-state index contributed by atoms with van der Waals surface area (Å²) in [6.45, 7) is 0.518. The predicted molar refractivity (Wildman–Crippen MR) is 98.6 cm³/mol. The fourth-order valence-corrected chi connectivity index (χ4v) is 3.47. The number of methoxy groups -OCH3 is 1. The number of rotatable bonds is 7. The lowest BCUT2D eigenvalue weighted by atomic mass is 10.1. The number of amides is 1. The first-order chi connectivity index (χ1) is 12.4. The summed E-state index contributed by atoms with van der Waals surface area (Å²) in [5.74, 6) is 0.691. The van der Waals surface area contributed by atoms with E-state index in [2.05, 4.69) is 4.72 Å². The van der Waals surface area contributed by atoms with Crippen LogP contribution >= 0.6 is 0 Å². The van der Waals surface area contributed by atoms with Crippen LogP contribution in [0.4, 0.5) is 0 Å². The Hall–Kier alpha value is -2.38. The molecule has 1 amide bonds. The fourth-order valence-electron chi connectivity index (χ4n) is 2.74. The van der Waals surface area contributed by atoms with Crippen molar-refractivity contribution in [1.29, 1.82) is 0 Å². The molecular weight excluding hydrogens is 352 g/mol. The van der Waals surface area contributed by atoms with Gasteiger partial charge in [0.05, 0.1) is 12.0 Å². The maximum absolute atomic E-state index is 12.9. The number of nitrogens with one attached hydrogen (secondary N) is 1. The quantitative estimate of drug-likeness (QED) is 0.807. The van der Waals surface area contributed by atoms with Crippen molar-refractivity contribution in [2.75, 3.05) is 14.2 Å². The van der Waals surface area contributed by atoms with E-state index < -0.39 is 10.0 Å². The molecular formula is C19H22N2O4S. The first kappa shape index (κ1) is 18.4. The maximum atomic E-state index is 12.9. The lowest BCUT2D eigenvalue weighted by Gasteiger charge is -2.23. The summed E-state index contributed by atoms with van der Waals surface area (Å²) in [5, 5.41) is 0. The average molecular weight is 374 g/mol. The van der Waals surface area contributed by atoms with Crippen LogP contribution in [0, 0.1) is 0 Å². The number of carbonyl (C=O) groups excluding carboxylic acids is 1. The van der Waals surface area contributed by atoms with Gasteiger partial charge < -0.3 is 9.64 Å². The summed E-state index contributed by atoms with van der Waals surface area (Å²) >= 11 is 0.